The number of nitrogens with one attached hydrogen (secondary N) is 1. The summed E-state index contributed by atoms with van der Waals surface area (Å²) in [5, 5.41) is 10.5. The van der Waals surface area contributed by atoms with E-state index in [1.165, 1.54) is 0 Å². The van der Waals surface area contributed by atoms with Gasteiger partial charge < -0.3 is 10.1 Å². The van der Waals surface area contributed by atoms with Crippen LogP contribution in [0.25, 0.3) is 0 Å². The van der Waals surface area contributed by atoms with Crippen LogP contribution in [-0.4, -0.2) is 21.3 Å². The molecule has 0 fully saturated rings. The van der Waals surface area contributed by atoms with Gasteiger partial charge in [0.1, 0.15) is 5.75 Å². The molecule has 7 heteroatoms. The normalized spacial score (nSPS) is 12.0. The Hall–Kier alpha value is -1.59. The predicted octanol–water partition coefficient (Wildman–Crippen LogP) is 4.10. The third kappa shape index (κ3) is 3.95. The second-order valence-electron chi connectivity index (χ2n) is 4.21. The van der Waals surface area contributed by atoms with Crippen molar-refractivity contribution in [1.82, 2.24) is 15.2 Å². The number of rotatable bonds is 5. The zero-order valence-corrected chi connectivity index (χ0v) is 12.6. The van der Waals surface area contributed by atoms with Crippen LogP contribution in [-0.2, 0) is 0 Å². The Morgan fingerprint density at radius 2 is 2.10 bits per heavy atom. The summed E-state index contributed by atoms with van der Waals surface area (Å²) in [5.41, 5.74) is 0.782. The van der Waals surface area contributed by atoms with Gasteiger partial charge in [0.2, 0.25) is 5.28 Å². The van der Waals surface area contributed by atoms with Crippen LogP contribution < -0.4 is 10.1 Å². The van der Waals surface area contributed by atoms with E-state index in [9.17, 15) is 0 Å². The zero-order valence-electron chi connectivity index (χ0n) is 11.1. The van der Waals surface area contributed by atoms with Gasteiger partial charge in [-0.15, -0.1) is 10.2 Å². The van der Waals surface area contributed by atoms with Crippen LogP contribution >= 0.6 is 23.2 Å². The molecule has 0 spiro atoms. The van der Waals surface area contributed by atoms with Gasteiger partial charge in [-0.1, -0.05) is 24.6 Å². The Labute approximate surface area is 127 Å². The van der Waals surface area contributed by atoms with E-state index < -0.39 is 0 Å². The highest BCUT2D eigenvalue weighted by molar-refractivity contribution is 6.32. The van der Waals surface area contributed by atoms with Crippen LogP contribution in [0.4, 0.5) is 11.5 Å². The lowest BCUT2D eigenvalue weighted by atomic mass is 10.2. The van der Waals surface area contributed by atoms with Crippen molar-refractivity contribution in [3.8, 4) is 5.75 Å². The number of benzene rings is 1. The first-order chi connectivity index (χ1) is 9.58. The molecule has 0 aliphatic rings. The Morgan fingerprint density at radius 1 is 1.30 bits per heavy atom. The molecule has 2 rings (SSSR count). The van der Waals surface area contributed by atoms with Crippen molar-refractivity contribution in [3.63, 3.8) is 0 Å². The molecule has 5 nitrogen and oxygen atoms in total. The molecule has 1 unspecified atom stereocenters. The second kappa shape index (κ2) is 6.72. The predicted molar refractivity (Wildman–Crippen MR) is 80.0 cm³/mol. The van der Waals surface area contributed by atoms with Gasteiger partial charge >= 0.3 is 0 Å². The van der Waals surface area contributed by atoms with E-state index in [1.54, 1.807) is 0 Å². The summed E-state index contributed by atoms with van der Waals surface area (Å²) >= 11 is 11.6. The van der Waals surface area contributed by atoms with E-state index in [0.717, 1.165) is 17.9 Å². The first kappa shape index (κ1) is 14.8. The van der Waals surface area contributed by atoms with Crippen molar-refractivity contribution in [1.29, 1.82) is 0 Å². The number of ether oxygens (including phenoxy) is 1. The molecule has 1 atom stereocenters. The van der Waals surface area contributed by atoms with Crippen LogP contribution in [0, 0.1) is 0 Å². The summed E-state index contributed by atoms with van der Waals surface area (Å²) < 4.78 is 5.75. The van der Waals surface area contributed by atoms with Crippen LogP contribution in [0.1, 0.15) is 20.3 Å². The quantitative estimate of drug-likeness (QED) is 0.900. The maximum Gasteiger partial charge on any atom is 0.245 e. The van der Waals surface area contributed by atoms with E-state index in [4.69, 9.17) is 27.9 Å². The minimum absolute atomic E-state index is 0.0314. The number of hydrogen-bond donors (Lipinski definition) is 1. The molecule has 106 valence electrons. The van der Waals surface area contributed by atoms with Crippen molar-refractivity contribution in [3.05, 3.63) is 34.7 Å². The maximum absolute atomic E-state index is 5.90. The molecule has 0 saturated carbocycles. The highest BCUT2D eigenvalue weighted by Gasteiger charge is 2.07. The molecule has 0 aliphatic heterocycles. The first-order valence-corrected chi connectivity index (χ1v) is 6.93. The number of aromatic nitrogens is 3. The lowest BCUT2D eigenvalue weighted by molar-refractivity contribution is 0.217. The Kier molecular flexibility index (Phi) is 4.98. The van der Waals surface area contributed by atoms with Gasteiger partial charge in [-0.2, -0.15) is 4.98 Å². The third-order valence-corrected chi connectivity index (χ3v) is 3.04. The van der Waals surface area contributed by atoms with E-state index in [1.807, 2.05) is 31.2 Å². The Balaban J connectivity index is 2.17. The highest BCUT2D eigenvalue weighted by atomic mass is 35.5. The van der Waals surface area contributed by atoms with Gasteiger partial charge in [0.05, 0.1) is 6.10 Å². The van der Waals surface area contributed by atoms with Crippen LogP contribution in [0.15, 0.2) is 24.3 Å². The summed E-state index contributed by atoms with van der Waals surface area (Å²) in [6.07, 6.45) is 1.10. The van der Waals surface area contributed by atoms with Gasteiger partial charge in [0.25, 0.3) is 0 Å². The Bertz CT molecular complexity index is 594. The average Bonchev–Trinajstić information content (AvgIpc) is 2.43. The van der Waals surface area contributed by atoms with Gasteiger partial charge in [-0.05, 0) is 37.1 Å². The fraction of sp³-hybridized carbons (Fsp3) is 0.308. The summed E-state index contributed by atoms with van der Waals surface area (Å²) in [7, 11) is 0. The minimum Gasteiger partial charge on any atom is -0.491 e. The SMILES string of the molecule is CCC(C)Oc1cccc(Nc2nc(Cl)nnc2Cl)c1. The highest BCUT2D eigenvalue weighted by Crippen LogP contribution is 2.25. The average molecular weight is 313 g/mol. The van der Waals surface area contributed by atoms with Crippen molar-refractivity contribution in [2.24, 2.45) is 0 Å². The molecule has 0 bridgehead atoms. The molecule has 0 saturated heterocycles. The van der Waals surface area contributed by atoms with E-state index in [-0.39, 0.29) is 16.5 Å². The van der Waals surface area contributed by atoms with Gasteiger partial charge in [-0.25, -0.2) is 0 Å². The lowest BCUT2D eigenvalue weighted by Gasteiger charge is -2.14. The molecular formula is C13H14Cl2N4O. The molecule has 0 amide bonds. The number of halogens is 2. The smallest absolute Gasteiger partial charge is 0.245 e. The van der Waals surface area contributed by atoms with Crippen molar-refractivity contribution < 1.29 is 4.74 Å². The van der Waals surface area contributed by atoms with E-state index >= 15 is 0 Å². The van der Waals surface area contributed by atoms with Crippen molar-refractivity contribution in [2.45, 2.75) is 26.4 Å². The summed E-state index contributed by atoms with van der Waals surface area (Å²) in [4.78, 5) is 3.98. The molecule has 1 N–H and O–H groups in total. The van der Waals surface area contributed by atoms with Crippen LogP contribution in [0.5, 0.6) is 5.75 Å². The standard InChI is InChI=1S/C13H14Cl2N4O/c1-3-8(2)20-10-6-4-5-9(7-10)16-12-11(14)18-19-13(15)17-12/h4-8H,3H2,1-2H3,(H,16,17,19). The molecule has 2 aromatic rings. The molecular weight excluding hydrogens is 299 g/mol. The monoisotopic (exact) mass is 312 g/mol. The first-order valence-electron chi connectivity index (χ1n) is 6.18. The number of nitrogens with zero attached hydrogens (tertiary/aromatic N) is 3. The molecule has 20 heavy (non-hydrogen) atoms. The molecule has 0 radical (unpaired) electrons. The summed E-state index contributed by atoms with van der Waals surface area (Å²) in [6, 6.07) is 7.50. The topological polar surface area (TPSA) is 59.9 Å². The third-order valence-electron chi connectivity index (χ3n) is 2.63. The molecule has 0 aliphatic carbocycles. The summed E-state index contributed by atoms with van der Waals surface area (Å²) in [6.45, 7) is 4.09. The fourth-order valence-corrected chi connectivity index (χ4v) is 1.72. The Morgan fingerprint density at radius 3 is 2.85 bits per heavy atom. The van der Waals surface area contributed by atoms with Gasteiger partial charge in [0.15, 0.2) is 11.0 Å². The van der Waals surface area contributed by atoms with E-state index in [0.29, 0.717) is 5.82 Å². The minimum atomic E-state index is 0.0314. The second-order valence-corrected chi connectivity index (χ2v) is 4.91. The van der Waals surface area contributed by atoms with Gasteiger partial charge in [0, 0.05) is 11.8 Å². The number of anilines is 2. The lowest BCUT2D eigenvalue weighted by Crippen LogP contribution is -2.09. The van der Waals surface area contributed by atoms with Crippen molar-refractivity contribution in [2.75, 3.05) is 5.32 Å². The van der Waals surface area contributed by atoms with Crippen molar-refractivity contribution >= 4 is 34.7 Å². The van der Waals surface area contributed by atoms with Gasteiger partial charge in [-0.3, -0.25) is 0 Å². The zero-order chi connectivity index (χ0) is 14.5. The number of hydrogen-bond acceptors (Lipinski definition) is 5. The van der Waals surface area contributed by atoms with Crippen LogP contribution in [0.3, 0.4) is 0 Å². The molecule has 1 aromatic carbocycles. The molecule has 1 heterocycles. The maximum atomic E-state index is 5.90. The summed E-state index contributed by atoms with van der Waals surface area (Å²) in [5.74, 6) is 1.13. The fourth-order valence-electron chi connectivity index (χ4n) is 1.47. The largest absolute Gasteiger partial charge is 0.491 e. The molecule has 1 aromatic heterocycles. The van der Waals surface area contributed by atoms with E-state index in [2.05, 4.69) is 27.4 Å². The van der Waals surface area contributed by atoms with Crippen LogP contribution in [0.2, 0.25) is 10.4 Å².